The Morgan fingerprint density at radius 3 is 2.67 bits per heavy atom. The van der Waals surface area contributed by atoms with Gasteiger partial charge in [-0.3, -0.25) is 4.79 Å². The van der Waals surface area contributed by atoms with E-state index in [4.69, 9.17) is 9.47 Å². The first kappa shape index (κ1) is 20.8. The van der Waals surface area contributed by atoms with Gasteiger partial charge in [0.2, 0.25) is 5.91 Å². The van der Waals surface area contributed by atoms with Crippen molar-refractivity contribution in [2.75, 3.05) is 12.4 Å². The molecule has 4 aromatic rings. The highest BCUT2D eigenvalue weighted by Gasteiger charge is 2.32. The van der Waals surface area contributed by atoms with Crippen LogP contribution in [0.5, 0.6) is 11.5 Å². The number of hydrogen-bond donors (Lipinski definition) is 2. The molecule has 1 aromatic heterocycles. The predicted octanol–water partition coefficient (Wildman–Crippen LogP) is 4.75. The molecule has 166 valence electrons. The lowest BCUT2D eigenvalue weighted by Crippen LogP contribution is -2.48. The maximum absolute atomic E-state index is 11.5. The number of anilines is 2. The SMILES string of the molecule is C=CC(=O)NC1CC(Oc2cc3c(Nc4ccc5ccccc5c4)ncnc3cc2OC)C1. The van der Waals surface area contributed by atoms with Gasteiger partial charge in [-0.25, -0.2) is 9.97 Å². The number of fused-ring (bicyclic) bond motifs is 2. The van der Waals surface area contributed by atoms with Gasteiger partial charge >= 0.3 is 0 Å². The van der Waals surface area contributed by atoms with Crippen molar-refractivity contribution in [3.05, 3.63) is 73.6 Å². The largest absolute Gasteiger partial charge is 0.493 e. The Kier molecular flexibility index (Phi) is 5.52. The third-order valence-electron chi connectivity index (χ3n) is 5.85. The lowest BCUT2D eigenvalue weighted by Gasteiger charge is -2.35. The Labute approximate surface area is 191 Å². The van der Waals surface area contributed by atoms with Crippen molar-refractivity contribution < 1.29 is 14.3 Å². The number of carbonyl (C=O) groups excluding carboxylic acids is 1. The first-order chi connectivity index (χ1) is 16.1. The molecule has 1 aliphatic carbocycles. The maximum Gasteiger partial charge on any atom is 0.243 e. The van der Waals surface area contributed by atoms with Crippen molar-refractivity contribution in [3.8, 4) is 11.5 Å². The highest BCUT2D eigenvalue weighted by atomic mass is 16.5. The molecule has 0 aliphatic heterocycles. The fourth-order valence-corrected chi connectivity index (χ4v) is 4.04. The van der Waals surface area contributed by atoms with Crippen molar-refractivity contribution >= 4 is 39.1 Å². The summed E-state index contributed by atoms with van der Waals surface area (Å²) >= 11 is 0. The normalized spacial score (nSPS) is 17.2. The zero-order chi connectivity index (χ0) is 22.8. The summed E-state index contributed by atoms with van der Waals surface area (Å²) in [5, 5.41) is 9.46. The smallest absolute Gasteiger partial charge is 0.243 e. The topological polar surface area (TPSA) is 85.4 Å². The molecule has 2 N–H and O–H groups in total. The number of ether oxygens (including phenoxy) is 2. The van der Waals surface area contributed by atoms with Gasteiger partial charge in [0, 0.05) is 36.0 Å². The summed E-state index contributed by atoms with van der Waals surface area (Å²) in [4.78, 5) is 20.4. The van der Waals surface area contributed by atoms with Crippen LogP contribution in [-0.4, -0.2) is 35.1 Å². The van der Waals surface area contributed by atoms with Gasteiger partial charge < -0.3 is 20.1 Å². The van der Waals surface area contributed by atoms with Crippen LogP contribution in [0.25, 0.3) is 21.7 Å². The summed E-state index contributed by atoms with van der Waals surface area (Å²) in [5.74, 6) is 1.76. The van der Waals surface area contributed by atoms with Crippen molar-refractivity contribution in [1.82, 2.24) is 15.3 Å². The molecule has 0 atom stereocenters. The van der Waals surface area contributed by atoms with Gasteiger partial charge in [-0.2, -0.15) is 0 Å². The summed E-state index contributed by atoms with van der Waals surface area (Å²) in [6.45, 7) is 3.49. The minimum atomic E-state index is -0.164. The molecule has 7 heteroatoms. The van der Waals surface area contributed by atoms with Crippen molar-refractivity contribution in [3.63, 3.8) is 0 Å². The number of nitrogens with zero attached hydrogens (tertiary/aromatic N) is 2. The number of aromatic nitrogens is 2. The summed E-state index contributed by atoms with van der Waals surface area (Å²) in [7, 11) is 1.61. The third-order valence-corrected chi connectivity index (χ3v) is 5.85. The minimum Gasteiger partial charge on any atom is -0.493 e. The van der Waals surface area contributed by atoms with E-state index in [9.17, 15) is 4.79 Å². The number of methoxy groups -OCH3 is 1. The molecule has 0 spiro atoms. The maximum atomic E-state index is 11.5. The van der Waals surface area contributed by atoms with E-state index in [0.29, 0.717) is 17.3 Å². The zero-order valence-electron chi connectivity index (χ0n) is 18.2. The molecular weight excluding hydrogens is 416 g/mol. The number of hydrogen-bond acceptors (Lipinski definition) is 6. The first-order valence-corrected chi connectivity index (χ1v) is 10.8. The molecule has 1 amide bonds. The van der Waals surface area contributed by atoms with Crippen LogP contribution in [0.4, 0.5) is 11.5 Å². The van der Waals surface area contributed by atoms with Crippen molar-refractivity contribution in [2.24, 2.45) is 0 Å². The molecule has 5 rings (SSSR count). The lowest BCUT2D eigenvalue weighted by atomic mass is 9.89. The number of nitrogens with one attached hydrogen (secondary N) is 2. The Morgan fingerprint density at radius 2 is 1.88 bits per heavy atom. The molecule has 0 unspecified atom stereocenters. The van der Waals surface area contributed by atoms with E-state index >= 15 is 0 Å². The highest BCUT2D eigenvalue weighted by molar-refractivity contribution is 5.94. The molecule has 1 heterocycles. The average Bonchev–Trinajstić information content (AvgIpc) is 2.82. The molecule has 7 nitrogen and oxygen atoms in total. The van der Waals surface area contributed by atoms with E-state index in [1.807, 2.05) is 30.3 Å². The van der Waals surface area contributed by atoms with Gasteiger partial charge in [0.15, 0.2) is 11.5 Å². The molecule has 3 aromatic carbocycles. The zero-order valence-corrected chi connectivity index (χ0v) is 18.2. The molecule has 1 aliphatic rings. The van der Waals surface area contributed by atoms with E-state index in [-0.39, 0.29) is 18.1 Å². The fraction of sp³-hybridized carbons (Fsp3) is 0.192. The second kappa shape index (κ2) is 8.78. The molecular formula is C26H24N4O3. The van der Waals surface area contributed by atoms with Crippen LogP contribution in [0.1, 0.15) is 12.8 Å². The van der Waals surface area contributed by atoms with E-state index in [0.717, 1.165) is 34.8 Å². The van der Waals surface area contributed by atoms with Crippen LogP contribution in [-0.2, 0) is 4.79 Å². The molecule has 1 saturated carbocycles. The van der Waals surface area contributed by atoms with E-state index in [1.165, 1.54) is 17.8 Å². The second-order valence-electron chi connectivity index (χ2n) is 8.05. The van der Waals surface area contributed by atoms with Gasteiger partial charge in [0.05, 0.1) is 12.6 Å². The quantitative estimate of drug-likeness (QED) is 0.404. The number of carbonyl (C=O) groups is 1. The predicted molar refractivity (Wildman–Crippen MR) is 129 cm³/mol. The van der Waals surface area contributed by atoms with E-state index in [1.54, 1.807) is 7.11 Å². The van der Waals surface area contributed by atoms with Crippen LogP contribution in [0.15, 0.2) is 73.6 Å². The Morgan fingerprint density at radius 1 is 1.06 bits per heavy atom. The summed E-state index contributed by atoms with van der Waals surface area (Å²) in [6, 6.07) is 18.3. The Balaban J connectivity index is 1.40. The molecule has 0 saturated heterocycles. The standard InChI is InChI=1S/C26H24N4O3/c1-3-25(31)29-19-11-20(12-19)33-24-13-21-22(14-23(24)32-2)27-15-28-26(21)30-18-9-8-16-6-4-5-7-17(16)10-18/h3-10,13-15,19-20H,1,11-12H2,2H3,(H,29,31)(H,27,28,30). The third kappa shape index (κ3) is 4.30. The summed E-state index contributed by atoms with van der Waals surface area (Å²) in [6.07, 6.45) is 4.27. The van der Waals surface area contributed by atoms with E-state index in [2.05, 4.69) is 51.4 Å². The van der Waals surface area contributed by atoms with Gasteiger partial charge in [-0.1, -0.05) is 36.9 Å². The second-order valence-corrected chi connectivity index (χ2v) is 8.05. The summed E-state index contributed by atoms with van der Waals surface area (Å²) < 4.78 is 11.8. The van der Waals surface area contributed by atoms with Crippen LogP contribution in [0.3, 0.4) is 0 Å². The first-order valence-electron chi connectivity index (χ1n) is 10.8. The highest BCUT2D eigenvalue weighted by Crippen LogP contribution is 2.37. The average molecular weight is 441 g/mol. The lowest BCUT2D eigenvalue weighted by molar-refractivity contribution is -0.118. The van der Waals surface area contributed by atoms with Gasteiger partial charge in [0.1, 0.15) is 18.2 Å². The fourth-order valence-electron chi connectivity index (χ4n) is 4.04. The monoisotopic (exact) mass is 440 g/mol. The van der Waals surface area contributed by atoms with Gasteiger partial charge in [0.25, 0.3) is 0 Å². The van der Waals surface area contributed by atoms with Crippen molar-refractivity contribution in [2.45, 2.75) is 25.0 Å². The van der Waals surface area contributed by atoms with Crippen LogP contribution >= 0.6 is 0 Å². The van der Waals surface area contributed by atoms with Gasteiger partial charge in [-0.15, -0.1) is 0 Å². The van der Waals surface area contributed by atoms with Crippen LogP contribution in [0, 0.1) is 0 Å². The molecule has 1 fully saturated rings. The van der Waals surface area contributed by atoms with Crippen LogP contribution in [0.2, 0.25) is 0 Å². The van der Waals surface area contributed by atoms with Crippen molar-refractivity contribution in [1.29, 1.82) is 0 Å². The van der Waals surface area contributed by atoms with E-state index < -0.39 is 0 Å². The number of amides is 1. The number of rotatable bonds is 7. The van der Waals surface area contributed by atoms with Gasteiger partial charge in [-0.05, 0) is 35.0 Å². The number of benzene rings is 3. The molecule has 0 bridgehead atoms. The Hall–Kier alpha value is -4.13. The molecule has 0 radical (unpaired) electrons. The Bertz CT molecular complexity index is 1350. The summed E-state index contributed by atoms with van der Waals surface area (Å²) in [5.41, 5.74) is 1.69. The minimum absolute atomic E-state index is 0.00649. The molecule has 33 heavy (non-hydrogen) atoms. The van der Waals surface area contributed by atoms with Crippen LogP contribution < -0.4 is 20.1 Å².